The lowest BCUT2D eigenvalue weighted by atomic mass is 10.2. The van der Waals surface area contributed by atoms with Crippen LogP contribution >= 0.6 is 0 Å². The molecule has 7 nitrogen and oxygen atoms in total. The highest BCUT2D eigenvalue weighted by atomic mass is 32.2. The fourth-order valence-electron chi connectivity index (χ4n) is 3.34. The lowest BCUT2D eigenvalue weighted by Gasteiger charge is -2.36. The second kappa shape index (κ2) is 9.43. The molecule has 0 spiro atoms. The standard InChI is InChI=1S/C20H26FN3O4S/c1-27-19-8-7-16(15-17(19)21)29(25,26)22-9-10-23-11-13-24(14-12-23)18-5-3-4-6-20(18)28-2/h3-8,15,22H,9-14H2,1-2H3. The summed E-state index contributed by atoms with van der Waals surface area (Å²) >= 11 is 0. The molecule has 0 atom stereocenters. The van der Waals surface area contributed by atoms with Crippen molar-refractivity contribution in [3.05, 3.63) is 48.3 Å². The quantitative estimate of drug-likeness (QED) is 0.700. The Kier molecular flexibility index (Phi) is 6.94. The van der Waals surface area contributed by atoms with E-state index in [0.29, 0.717) is 6.54 Å². The third kappa shape index (κ3) is 5.17. The van der Waals surface area contributed by atoms with Crippen molar-refractivity contribution in [2.45, 2.75) is 4.90 Å². The second-order valence-electron chi connectivity index (χ2n) is 6.69. The molecule has 9 heteroatoms. The van der Waals surface area contributed by atoms with E-state index in [0.717, 1.165) is 43.7 Å². The van der Waals surface area contributed by atoms with Gasteiger partial charge in [-0.15, -0.1) is 0 Å². The maximum atomic E-state index is 13.8. The predicted molar refractivity (Wildman–Crippen MR) is 110 cm³/mol. The fraction of sp³-hybridized carbons (Fsp3) is 0.400. The van der Waals surface area contributed by atoms with Gasteiger partial charge >= 0.3 is 0 Å². The molecule has 0 bridgehead atoms. The average Bonchev–Trinajstić information content (AvgIpc) is 2.74. The summed E-state index contributed by atoms with van der Waals surface area (Å²) in [5, 5.41) is 0. The Labute approximate surface area is 171 Å². The Morgan fingerprint density at radius 3 is 2.34 bits per heavy atom. The van der Waals surface area contributed by atoms with Crippen LogP contribution in [0.2, 0.25) is 0 Å². The van der Waals surface area contributed by atoms with Crippen molar-refractivity contribution >= 4 is 15.7 Å². The summed E-state index contributed by atoms with van der Waals surface area (Å²) in [6.45, 7) is 4.13. The second-order valence-corrected chi connectivity index (χ2v) is 8.46. The van der Waals surface area contributed by atoms with E-state index < -0.39 is 15.8 Å². The van der Waals surface area contributed by atoms with Gasteiger partial charge in [0.2, 0.25) is 10.0 Å². The molecule has 3 rings (SSSR count). The first-order valence-electron chi connectivity index (χ1n) is 9.38. The molecule has 0 amide bonds. The van der Waals surface area contributed by atoms with Crippen LogP contribution < -0.4 is 19.1 Å². The van der Waals surface area contributed by atoms with Crippen LogP contribution in [-0.4, -0.2) is 66.8 Å². The first-order valence-corrected chi connectivity index (χ1v) is 10.9. The fourth-order valence-corrected chi connectivity index (χ4v) is 4.37. The van der Waals surface area contributed by atoms with Gasteiger partial charge in [0.1, 0.15) is 5.75 Å². The Balaban J connectivity index is 1.50. The molecular weight excluding hydrogens is 397 g/mol. The Morgan fingerprint density at radius 1 is 1.00 bits per heavy atom. The number of nitrogens with one attached hydrogen (secondary N) is 1. The van der Waals surface area contributed by atoms with Gasteiger partial charge < -0.3 is 14.4 Å². The van der Waals surface area contributed by atoms with E-state index in [-0.39, 0.29) is 17.2 Å². The lowest BCUT2D eigenvalue weighted by molar-refractivity contribution is 0.261. The predicted octanol–water partition coefficient (Wildman–Crippen LogP) is 1.94. The summed E-state index contributed by atoms with van der Waals surface area (Å²) in [4.78, 5) is 4.35. The normalized spacial score (nSPS) is 15.3. The molecule has 29 heavy (non-hydrogen) atoms. The number of hydrogen-bond acceptors (Lipinski definition) is 6. The highest BCUT2D eigenvalue weighted by Gasteiger charge is 2.21. The highest BCUT2D eigenvalue weighted by Crippen LogP contribution is 2.28. The average molecular weight is 424 g/mol. The third-order valence-corrected chi connectivity index (χ3v) is 6.41. The van der Waals surface area contributed by atoms with Crippen LogP contribution in [0.1, 0.15) is 0 Å². The molecule has 1 N–H and O–H groups in total. The number of nitrogens with zero attached hydrogens (tertiary/aromatic N) is 2. The largest absolute Gasteiger partial charge is 0.495 e. The topological polar surface area (TPSA) is 71.1 Å². The van der Waals surface area contributed by atoms with Crippen LogP contribution in [0.5, 0.6) is 11.5 Å². The molecule has 1 saturated heterocycles. The number of halogens is 1. The highest BCUT2D eigenvalue weighted by molar-refractivity contribution is 7.89. The van der Waals surface area contributed by atoms with Crippen molar-refractivity contribution in [2.75, 3.05) is 58.4 Å². The minimum atomic E-state index is -3.77. The van der Waals surface area contributed by atoms with Gasteiger partial charge in [-0.3, -0.25) is 4.90 Å². The molecule has 0 radical (unpaired) electrons. The van der Waals surface area contributed by atoms with E-state index in [9.17, 15) is 12.8 Å². The number of benzene rings is 2. The zero-order valence-corrected chi connectivity index (χ0v) is 17.4. The third-order valence-electron chi connectivity index (χ3n) is 4.95. The van der Waals surface area contributed by atoms with Gasteiger partial charge in [-0.2, -0.15) is 0 Å². The van der Waals surface area contributed by atoms with Crippen molar-refractivity contribution in [2.24, 2.45) is 0 Å². The van der Waals surface area contributed by atoms with Crippen molar-refractivity contribution in [1.82, 2.24) is 9.62 Å². The van der Waals surface area contributed by atoms with Crippen LogP contribution in [0.3, 0.4) is 0 Å². The molecule has 0 saturated carbocycles. The van der Waals surface area contributed by atoms with Crippen molar-refractivity contribution in [3.63, 3.8) is 0 Å². The lowest BCUT2D eigenvalue weighted by Crippen LogP contribution is -2.48. The summed E-state index contributed by atoms with van der Waals surface area (Å²) < 4.78 is 51.3. The number of methoxy groups -OCH3 is 2. The van der Waals surface area contributed by atoms with Crippen LogP contribution in [0, 0.1) is 5.82 Å². The summed E-state index contributed by atoms with van der Waals surface area (Å²) in [6.07, 6.45) is 0. The van der Waals surface area contributed by atoms with Crippen LogP contribution in [0.25, 0.3) is 0 Å². The Hall–Kier alpha value is -2.36. The summed E-state index contributed by atoms with van der Waals surface area (Å²) in [5.41, 5.74) is 1.07. The van der Waals surface area contributed by atoms with Gasteiger partial charge in [-0.05, 0) is 30.3 Å². The molecule has 1 heterocycles. The van der Waals surface area contributed by atoms with Gasteiger partial charge in [0, 0.05) is 39.3 Å². The summed E-state index contributed by atoms with van der Waals surface area (Å²) in [5.74, 6) is 0.153. The van der Waals surface area contributed by atoms with Crippen molar-refractivity contribution < 1.29 is 22.3 Å². The van der Waals surface area contributed by atoms with Crippen LogP contribution in [-0.2, 0) is 10.0 Å². The monoisotopic (exact) mass is 423 g/mol. The van der Waals surface area contributed by atoms with Crippen LogP contribution in [0.4, 0.5) is 10.1 Å². The van der Waals surface area contributed by atoms with E-state index in [2.05, 4.69) is 14.5 Å². The molecule has 2 aromatic rings. The SMILES string of the molecule is COc1ccc(S(=O)(=O)NCCN2CCN(c3ccccc3OC)CC2)cc1F. The van der Waals surface area contributed by atoms with Crippen molar-refractivity contribution in [3.8, 4) is 11.5 Å². The van der Waals surface area contributed by atoms with Crippen molar-refractivity contribution in [1.29, 1.82) is 0 Å². The Bertz CT molecular complexity index is 931. The first-order chi connectivity index (χ1) is 13.9. The number of rotatable bonds is 8. The number of ether oxygens (including phenoxy) is 2. The van der Waals surface area contributed by atoms with Gasteiger partial charge in [0.15, 0.2) is 11.6 Å². The van der Waals surface area contributed by atoms with E-state index in [1.165, 1.54) is 19.2 Å². The number of sulfonamides is 1. The number of piperazine rings is 1. The minimum Gasteiger partial charge on any atom is -0.495 e. The number of hydrogen-bond donors (Lipinski definition) is 1. The molecule has 0 aliphatic carbocycles. The molecule has 1 aliphatic heterocycles. The Morgan fingerprint density at radius 2 is 1.69 bits per heavy atom. The first kappa shape index (κ1) is 21.4. The van der Waals surface area contributed by atoms with E-state index in [1.807, 2.05) is 24.3 Å². The maximum Gasteiger partial charge on any atom is 0.240 e. The molecule has 0 aromatic heterocycles. The van der Waals surface area contributed by atoms with E-state index in [4.69, 9.17) is 9.47 Å². The zero-order valence-electron chi connectivity index (χ0n) is 16.6. The van der Waals surface area contributed by atoms with E-state index >= 15 is 0 Å². The maximum absolute atomic E-state index is 13.8. The van der Waals surface area contributed by atoms with Gasteiger partial charge in [0.05, 0.1) is 24.8 Å². The summed E-state index contributed by atoms with van der Waals surface area (Å²) in [7, 11) is -0.776. The molecule has 1 aliphatic rings. The smallest absolute Gasteiger partial charge is 0.240 e. The number of para-hydroxylation sites is 2. The molecular formula is C20H26FN3O4S. The minimum absolute atomic E-state index is 0.0110. The molecule has 1 fully saturated rings. The zero-order chi connectivity index (χ0) is 20.9. The molecule has 0 unspecified atom stereocenters. The van der Waals surface area contributed by atoms with Crippen LogP contribution in [0.15, 0.2) is 47.4 Å². The van der Waals surface area contributed by atoms with Gasteiger partial charge in [-0.25, -0.2) is 17.5 Å². The molecule has 158 valence electrons. The summed E-state index contributed by atoms with van der Waals surface area (Å²) in [6, 6.07) is 11.5. The van der Waals surface area contributed by atoms with Gasteiger partial charge in [0.25, 0.3) is 0 Å². The van der Waals surface area contributed by atoms with Gasteiger partial charge in [-0.1, -0.05) is 12.1 Å². The van der Waals surface area contributed by atoms with E-state index in [1.54, 1.807) is 7.11 Å². The molecule has 2 aromatic carbocycles. The number of anilines is 1.